The van der Waals surface area contributed by atoms with E-state index in [4.69, 9.17) is 18.6 Å². The number of piperazine rings is 1. The molecule has 1 aromatic carbocycles. The van der Waals surface area contributed by atoms with E-state index in [1.54, 1.807) is 0 Å². The number of halogens is 1. The van der Waals surface area contributed by atoms with Gasteiger partial charge in [-0.25, -0.2) is 23.2 Å². The van der Waals surface area contributed by atoms with E-state index in [1.165, 1.54) is 31.4 Å². The van der Waals surface area contributed by atoms with E-state index in [-0.39, 0.29) is 0 Å². The second kappa shape index (κ2) is 7.98. The van der Waals surface area contributed by atoms with Crippen LogP contribution in [0.1, 0.15) is 5.56 Å². The Morgan fingerprint density at radius 2 is 1.65 bits per heavy atom. The first-order chi connectivity index (χ1) is 12.3. The maximum atomic E-state index is 8.49. The van der Waals surface area contributed by atoms with E-state index in [1.807, 2.05) is 11.3 Å². The van der Waals surface area contributed by atoms with Crippen LogP contribution in [-0.2, 0) is 0 Å². The van der Waals surface area contributed by atoms with Crippen LogP contribution >= 0.6 is 11.3 Å². The lowest BCUT2D eigenvalue weighted by Gasteiger charge is -2.17. The summed E-state index contributed by atoms with van der Waals surface area (Å²) in [6.07, 6.45) is 0. The van der Waals surface area contributed by atoms with Gasteiger partial charge in [-0.1, -0.05) is 24.3 Å². The summed E-state index contributed by atoms with van der Waals surface area (Å²) in [5.74, 6) is 0. The summed E-state index contributed by atoms with van der Waals surface area (Å²) in [6.45, 7) is 6.55. The molecule has 26 heavy (non-hydrogen) atoms. The van der Waals surface area contributed by atoms with Gasteiger partial charge < -0.3 is 5.32 Å². The van der Waals surface area contributed by atoms with E-state index in [0.29, 0.717) is 0 Å². The summed E-state index contributed by atoms with van der Waals surface area (Å²) in [5, 5.41) is 6.17. The van der Waals surface area contributed by atoms with E-state index >= 15 is 0 Å². The fourth-order valence-electron chi connectivity index (χ4n) is 3.11. The Morgan fingerprint density at radius 1 is 1.00 bits per heavy atom. The van der Waals surface area contributed by atoms with Crippen LogP contribution in [0, 0.1) is 17.2 Å². The molecule has 0 amide bonds. The highest BCUT2D eigenvalue weighted by Gasteiger charge is 2.18. The van der Waals surface area contributed by atoms with Crippen molar-refractivity contribution in [3.63, 3.8) is 0 Å². The molecular formula is C18H19ClN2O4S. The zero-order valence-corrected chi connectivity index (χ0v) is 15.8. The van der Waals surface area contributed by atoms with Crippen molar-refractivity contribution in [2.45, 2.75) is 6.92 Å². The Bertz CT molecular complexity index is 938. The Hall–Kier alpha value is -1.58. The van der Waals surface area contributed by atoms with E-state index < -0.39 is 10.2 Å². The van der Waals surface area contributed by atoms with Crippen LogP contribution in [0.25, 0.3) is 20.5 Å². The molecule has 2 aliphatic heterocycles. The smallest absolute Gasteiger partial charge is 0.208 e. The van der Waals surface area contributed by atoms with Gasteiger partial charge in [0.1, 0.15) is 0 Å². The topological polar surface area (TPSA) is 107 Å². The maximum absolute atomic E-state index is 8.49. The SMILES string of the molecule is Cc1ccc(=[N+]2CCNCC2)c2cc3ccccc3sc1-2.[O-][Cl+3]([O-])([O-])[O-]. The zero-order chi connectivity index (χ0) is 18.7. The van der Waals surface area contributed by atoms with Crippen LogP contribution in [0.2, 0.25) is 0 Å². The molecule has 0 bridgehead atoms. The largest absolute Gasteiger partial charge is 0.305 e. The molecule has 3 aliphatic rings. The standard InChI is InChI=1S/C18H19N2S.ClHO4/c1-13-6-7-16(20-10-8-19-9-11-20)15-12-14-4-2-3-5-17(14)21-18(13)15;2-1(3,4)5/h2-7,12,19H,8-11H2,1H3;(H,2,3,4,5)/q+1;/p-1. The van der Waals surface area contributed by atoms with Gasteiger partial charge in [0.05, 0.1) is 18.7 Å². The summed E-state index contributed by atoms with van der Waals surface area (Å²) in [6, 6.07) is 15.6. The predicted octanol–water partition coefficient (Wildman–Crippen LogP) is -2.07. The minimum atomic E-state index is -4.94. The van der Waals surface area contributed by atoms with Crippen molar-refractivity contribution in [3.05, 3.63) is 53.4 Å². The van der Waals surface area contributed by atoms with Gasteiger partial charge in [-0.05, 0) is 30.0 Å². The molecule has 4 rings (SSSR count). The van der Waals surface area contributed by atoms with Gasteiger partial charge in [0.2, 0.25) is 5.36 Å². The second-order valence-corrected chi connectivity index (χ2v) is 7.85. The van der Waals surface area contributed by atoms with Crippen LogP contribution in [0.15, 0.2) is 42.5 Å². The zero-order valence-electron chi connectivity index (χ0n) is 14.2. The third-order valence-corrected chi connectivity index (χ3v) is 5.60. The second-order valence-electron chi connectivity index (χ2n) is 6.04. The summed E-state index contributed by atoms with van der Waals surface area (Å²) >= 11 is 1.91. The van der Waals surface area contributed by atoms with Crippen molar-refractivity contribution < 1.29 is 28.9 Å². The lowest BCUT2D eigenvalue weighted by atomic mass is 10.1. The van der Waals surface area contributed by atoms with Gasteiger partial charge >= 0.3 is 0 Å². The monoisotopic (exact) mass is 394 g/mol. The molecule has 1 saturated heterocycles. The first-order valence-corrected chi connectivity index (χ1v) is 10.2. The third-order valence-electron chi connectivity index (χ3n) is 4.26. The Labute approximate surface area is 157 Å². The molecule has 1 fully saturated rings. The van der Waals surface area contributed by atoms with Crippen LogP contribution in [0.5, 0.6) is 0 Å². The summed E-state index contributed by atoms with van der Waals surface area (Å²) < 4.78 is 37.9. The van der Waals surface area contributed by atoms with Crippen LogP contribution in [0.3, 0.4) is 0 Å². The number of fused-ring (bicyclic) bond motifs is 2. The molecule has 0 aromatic heterocycles. The van der Waals surface area contributed by atoms with Crippen molar-refractivity contribution in [2.75, 3.05) is 26.2 Å². The minimum Gasteiger partial charge on any atom is -0.305 e. The quantitative estimate of drug-likeness (QED) is 0.348. The maximum Gasteiger partial charge on any atom is 0.208 e. The molecule has 1 aliphatic carbocycles. The first-order valence-electron chi connectivity index (χ1n) is 8.15. The third kappa shape index (κ3) is 4.77. The molecule has 1 aromatic rings. The Balaban J connectivity index is 0.000000349. The van der Waals surface area contributed by atoms with Crippen LogP contribution in [-0.4, -0.2) is 26.2 Å². The lowest BCUT2D eigenvalue weighted by molar-refractivity contribution is -2.00. The van der Waals surface area contributed by atoms with Gasteiger partial charge in [0.15, 0.2) is 13.1 Å². The van der Waals surface area contributed by atoms with Crippen molar-refractivity contribution >= 4 is 21.4 Å². The molecule has 1 N–H and O–H groups in total. The molecule has 2 heterocycles. The van der Waals surface area contributed by atoms with Crippen molar-refractivity contribution in [1.82, 2.24) is 9.89 Å². The van der Waals surface area contributed by atoms with E-state index in [9.17, 15) is 0 Å². The lowest BCUT2D eigenvalue weighted by Crippen LogP contribution is -2.68. The van der Waals surface area contributed by atoms with Gasteiger partial charge in [0.25, 0.3) is 0 Å². The average Bonchev–Trinajstić information content (AvgIpc) is 2.60. The predicted molar refractivity (Wildman–Crippen MR) is 91.1 cm³/mol. The molecule has 0 unspecified atom stereocenters. The van der Waals surface area contributed by atoms with Gasteiger partial charge in [-0.15, -0.1) is 21.6 Å². The van der Waals surface area contributed by atoms with Crippen LogP contribution < -0.4 is 33.9 Å². The highest BCUT2D eigenvalue weighted by molar-refractivity contribution is 7.21. The highest BCUT2D eigenvalue weighted by Crippen LogP contribution is 2.33. The molecular weight excluding hydrogens is 376 g/mol. The molecule has 0 spiro atoms. The molecule has 0 radical (unpaired) electrons. The first kappa shape index (κ1) is 19.2. The van der Waals surface area contributed by atoms with Crippen molar-refractivity contribution in [1.29, 1.82) is 0 Å². The Morgan fingerprint density at radius 3 is 2.35 bits per heavy atom. The normalized spacial score (nSPS) is 15.0. The molecule has 8 heteroatoms. The summed E-state index contributed by atoms with van der Waals surface area (Å²) in [7, 11) is -4.94. The number of hydrogen-bond acceptors (Lipinski definition) is 6. The van der Waals surface area contributed by atoms with E-state index in [0.717, 1.165) is 26.2 Å². The fourth-order valence-corrected chi connectivity index (χ4v) is 4.23. The molecule has 0 saturated carbocycles. The van der Waals surface area contributed by atoms with Gasteiger partial charge in [-0.2, -0.15) is 0 Å². The van der Waals surface area contributed by atoms with Crippen LogP contribution in [0.4, 0.5) is 0 Å². The number of hydrogen-bond donors (Lipinski definition) is 1. The minimum absolute atomic E-state index is 1.08. The molecule has 6 nitrogen and oxygen atoms in total. The van der Waals surface area contributed by atoms with Crippen molar-refractivity contribution in [2.24, 2.45) is 0 Å². The molecule has 138 valence electrons. The number of benzene rings is 2. The average molecular weight is 395 g/mol. The number of rotatable bonds is 0. The summed E-state index contributed by atoms with van der Waals surface area (Å²) in [5.41, 5.74) is 2.78. The summed E-state index contributed by atoms with van der Waals surface area (Å²) in [4.78, 5) is 1.42. The fraction of sp³-hybridized carbons (Fsp3) is 0.278. The Kier molecular flexibility index (Phi) is 5.89. The highest BCUT2D eigenvalue weighted by atomic mass is 35.7. The molecule has 0 atom stereocenters. The van der Waals surface area contributed by atoms with Gasteiger partial charge in [-0.3, -0.25) is 0 Å². The number of nitrogens with zero attached hydrogens (tertiary/aromatic N) is 1. The number of nitrogens with one attached hydrogen (secondary N) is 1. The van der Waals surface area contributed by atoms with E-state index in [2.05, 4.69) is 59.3 Å². The number of aryl methyl sites for hydroxylation is 1. The van der Waals surface area contributed by atoms with Crippen molar-refractivity contribution in [3.8, 4) is 10.4 Å². The van der Waals surface area contributed by atoms with Gasteiger partial charge in [0, 0.05) is 15.6 Å².